The number of rotatable bonds is 5. The number of halogens is 1. The highest BCUT2D eigenvalue weighted by atomic mass is 35.5. The van der Waals surface area contributed by atoms with Crippen LogP contribution in [0.4, 0.5) is 5.82 Å². The second kappa shape index (κ2) is 8.31. The van der Waals surface area contributed by atoms with Crippen LogP contribution in [0.2, 0.25) is 5.02 Å². The Morgan fingerprint density at radius 1 is 1.30 bits per heavy atom. The zero-order chi connectivity index (χ0) is 21.3. The third-order valence-electron chi connectivity index (χ3n) is 4.98. The van der Waals surface area contributed by atoms with E-state index in [4.69, 9.17) is 20.9 Å². The summed E-state index contributed by atoms with van der Waals surface area (Å²) in [5.74, 6) is 1.47. The van der Waals surface area contributed by atoms with Gasteiger partial charge in [0.05, 0.1) is 24.0 Å². The van der Waals surface area contributed by atoms with Crippen molar-refractivity contribution >= 4 is 23.3 Å². The maximum absolute atomic E-state index is 13.3. The summed E-state index contributed by atoms with van der Waals surface area (Å²) in [5.41, 5.74) is 1.55. The largest absolute Gasteiger partial charge is 0.471 e. The Hall–Kier alpha value is -3.13. The molecule has 8 nitrogen and oxygen atoms in total. The third kappa shape index (κ3) is 3.95. The molecule has 0 N–H and O–H groups in total. The number of nitrogens with zero attached hydrogens (tertiary/aromatic N) is 5. The number of benzene rings is 1. The van der Waals surface area contributed by atoms with E-state index in [2.05, 4.69) is 15.1 Å². The Labute approximate surface area is 179 Å². The lowest BCUT2D eigenvalue weighted by atomic mass is 10.1. The van der Waals surface area contributed by atoms with Gasteiger partial charge in [0.1, 0.15) is 23.1 Å². The highest BCUT2D eigenvalue weighted by molar-refractivity contribution is 6.33. The van der Waals surface area contributed by atoms with Crippen LogP contribution in [0.15, 0.2) is 41.2 Å². The van der Waals surface area contributed by atoms with Crippen LogP contribution in [-0.4, -0.2) is 59.2 Å². The van der Waals surface area contributed by atoms with Gasteiger partial charge in [-0.2, -0.15) is 4.98 Å². The number of anilines is 1. The Bertz CT molecular complexity index is 1070. The van der Waals surface area contributed by atoms with Gasteiger partial charge < -0.3 is 19.1 Å². The van der Waals surface area contributed by atoms with Crippen LogP contribution in [0.3, 0.4) is 0 Å². The van der Waals surface area contributed by atoms with Gasteiger partial charge in [0.2, 0.25) is 5.88 Å². The van der Waals surface area contributed by atoms with E-state index in [9.17, 15) is 4.79 Å². The summed E-state index contributed by atoms with van der Waals surface area (Å²) in [6.07, 6.45) is 3.79. The van der Waals surface area contributed by atoms with Crippen LogP contribution >= 0.6 is 11.6 Å². The van der Waals surface area contributed by atoms with Crippen LogP contribution in [-0.2, 0) is 0 Å². The lowest BCUT2D eigenvalue weighted by Gasteiger charge is -2.18. The van der Waals surface area contributed by atoms with Crippen molar-refractivity contribution in [1.29, 1.82) is 0 Å². The fraction of sp³-hybridized carbons (Fsp3) is 0.333. The molecule has 156 valence electrons. The van der Waals surface area contributed by atoms with E-state index < -0.39 is 0 Å². The Morgan fingerprint density at radius 3 is 2.87 bits per heavy atom. The SMILES string of the molecule is Cc1onc(-c2ccccc2Cl)c1C(=O)N1CCC(Oc2cncc(N(C)C)n2)C1. The number of likely N-dealkylation sites (tertiary alicyclic amines) is 1. The highest BCUT2D eigenvalue weighted by Crippen LogP contribution is 2.32. The molecule has 4 rings (SSSR count). The maximum atomic E-state index is 13.3. The van der Waals surface area contributed by atoms with Gasteiger partial charge >= 0.3 is 0 Å². The predicted molar refractivity (Wildman–Crippen MR) is 113 cm³/mol. The average Bonchev–Trinajstić information content (AvgIpc) is 3.35. The van der Waals surface area contributed by atoms with Crippen molar-refractivity contribution in [3.63, 3.8) is 0 Å². The van der Waals surface area contributed by atoms with Gasteiger partial charge in [0.25, 0.3) is 5.91 Å². The molecule has 30 heavy (non-hydrogen) atoms. The molecule has 1 aromatic carbocycles. The van der Waals surface area contributed by atoms with Crippen molar-refractivity contribution in [2.75, 3.05) is 32.1 Å². The molecule has 1 fully saturated rings. The topological polar surface area (TPSA) is 84.6 Å². The van der Waals surface area contributed by atoms with Crippen LogP contribution in [0, 0.1) is 6.92 Å². The molecule has 2 aromatic heterocycles. The van der Waals surface area contributed by atoms with Crippen molar-refractivity contribution in [2.24, 2.45) is 0 Å². The minimum absolute atomic E-state index is 0.150. The normalized spacial score (nSPS) is 16.0. The zero-order valence-corrected chi connectivity index (χ0v) is 17.8. The zero-order valence-electron chi connectivity index (χ0n) is 17.0. The summed E-state index contributed by atoms with van der Waals surface area (Å²) in [5, 5.41) is 4.61. The number of carbonyl (C=O) groups excluding carboxylic acids is 1. The Kier molecular flexibility index (Phi) is 5.59. The molecule has 3 heterocycles. The molecular formula is C21H22ClN5O3. The Balaban J connectivity index is 1.51. The number of amides is 1. The van der Waals surface area contributed by atoms with E-state index in [1.54, 1.807) is 30.3 Å². The summed E-state index contributed by atoms with van der Waals surface area (Å²) >= 11 is 6.31. The number of ether oxygens (including phenoxy) is 1. The molecule has 1 aliphatic rings. The number of aryl methyl sites for hydroxylation is 1. The van der Waals surface area contributed by atoms with Gasteiger partial charge in [-0.3, -0.25) is 9.78 Å². The first-order valence-electron chi connectivity index (χ1n) is 9.60. The summed E-state index contributed by atoms with van der Waals surface area (Å²) in [6, 6.07) is 7.26. The third-order valence-corrected chi connectivity index (χ3v) is 5.31. The van der Waals surface area contributed by atoms with Crippen molar-refractivity contribution < 1.29 is 14.1 Å². The number of hydrogen-bond donors (Lipinski definition) is 0. The molecule has 1 unspecified atom stereocenters. The van der Waals surface area contributed by atoms with E-state index in [0.29, 0.717) is 58.8 Å². The van der Waals surface area contributed by atoms with Crippen molar-refractivity contribution in [1.82, 2.24) is 20.0 Å². The number of aromatic nitrogens is 3. The van der Waals surface area contributed by atoms with Gasteiger partial charge in [-0.05, 0) is 13.0 Å². The number of carbonyl (C=O) groups is 1. The van der Waals surface area contributed by atoms with Crippen molar-refractivity contribution in [3.05, 3.63) is 53.0 Å². The molecule has 3 aromatic rings. The van der Waals surface area contributed by atoms with Gasteiger partial charge in [-0.15, -0.1) is 0 Å². The minimum Gasteiger partial charge on any atom is -0.471 e. The molecule has 0 aliphatic carbocycles. The summed E-state index contributed by atoms with van der Waals surface area (Å²) < 4.78 is 11.3. The minimum atomic E-state index is -0.162. The van der Waals surface area contributed by atoms with Gasteiger partial charge in [0.15, 0.2) is 5.82 Å². The molecule has 0 bridgehead atoms. The molecule has 1 aliphatic heterocycles. The molecule has 9 heteroatoms. The molecular weight excluding hydrogens is 406 g/mol. The fourth-order valence-electron chi connectivity index (χ4n) is 3.41. The maximum Gasteiger partial charge on any atom is 0.259 e. The van der Waals surface area contributed by atoms with Crippen LogP contribution < -0.4 is 9.64 Å². The summed E-state index contributed by atoms with van der Waals surface area (Å²) in [4.78, 5) is 25.5. The second-order valence-electron chi connectivity index (χ2n) is 7.33. The summed E-state index contributed by atoms with van der Waals surface area (Å²) in [6.45, 7) is 2.74. The summed E-state index contributed by atoms with van der Waals surface area (Å²) in [7, 11) is 3.78. The quantitative estimate of drug-likeness (QED) is 0.616. The average molecular weight is 428 g/mol. The van der Waals surface area contributed by atoms with E-state index in [0.717, 1.165) is 0 Å². The first-order valence-corrected chi connectivity index (χ1v) is 9.98. The van der Waals surface area contributed by atoms with E-state index in [1.165, 1.54) is 0 Å². The molecule has 1 amide bonds. The van der Waals surface area contributed by atoms with E-state index in [-0.39, 0.29) is 12.0 Å². The van der Waals surface area contributed by atoms with E-state index in [1.807, 2.05) is 37.2 Å². The molecule has 0 radical (unpaired) electrons. The number of hydrogen-bond acceptors (Lipinski definition) is 7. The van der Waals surface area contributed by atoms with Gasteiger partial charge in [0, 0.05) is 32.6 Å². The highest BCUT2D eigenvalue weighted by Gasteiger charge is 2.33. The van der Waals surface area contributed by atoms with Gasteiger partial charge in [-0.25, -0.2) is 0 Å². The monoisotopic (exact) mass is 427 g/mol. The van der Waals surface area contributed by atoms with Gasteiger partial charge in [-0.1, -0.05) is 35.0 Å². The lowest BCUT2D eigenvalue weighted by Crippen LogP contribution is -2.31. The predicted octanol–water partition coefficient (Wildman–Crippen LogP) is 3.45. The standard InChI is InChI=1S/C21H22ClN5O3/c1-13-19(20(25-30-13)15-6-4-5-7-16(15)22)21(28)27-9-8-14(12-27)29-18-11-23-10-17(24-18)26(2)3/h4-7,10-11,14H,8-9,12H2,1-3H3. The Morgan fingerprint density at radius 2 is 2.10 bits per heavy atom. The molecule has 0 spiro atoms. The first kappa shape index (κ1) is 20.2. The fourth-order valence-corrected chi connectivity index (χ4v) is 3.63. The van der Waals surface area contributed by atoms with Crippen LogP contribution in [0.25, 0.3) is 11.3 Å². The smallest absolute Gasteiger partial charge is 0.259 e. The lowest BCUT2D eigenvalue weighted by molar-refractivity contribution is 0.0770. The second-order valence-corrected chi connectivity index (χ2v) is 7.74. The molecule has 1 atom stereocenters. The van der Waals surface area contributed by atoms with Crippen LogP contribution in [0.1, 0.15) is 22.5 Å². The molecule has 1 saturated heterocycles. The van der Waals surface area contributed by atoms with Crippen LogP contribution in [0.5, 0.6) is 5.88 Å². The van der Waals surface area contributed by atoms with E-state index >= 15 is 0 Å². The molecule has 0 saturated carbocycles. The van der Waals surface area contributed by atoms with Crippen molar-refractivity contribution in [2.45, 2.75) is 19.4 Å². The van der Waals surface area contributed by atoms with Crippen molar-refractivity contribution in [3.8, 4) is 17.1 Å². The first-order chi connectivity index (χ1) is 14.4.